The van der Waals surface area contributed by atoms with E-state index in [1.807, 2.05) is 25.1 Å². The molecule has 0 radical (unpaired) electrons. The molecule has 4 heteroatoms. The standard InChI is InChI=1S/C15H18ClNO2/c1-15(7-2-8-19-15)14(18)17-13-6-3-10-9-11(16)4-5-12(10)13/h4-5,9,13H,2-3,6-8H2,1H3,(H,17,18). The van der Waals surface area contributed by atoms with Gasteiger partial charge in [-0.1, -0.05) is 17.7 Å². The van der Waals surface area contributed by atoms with Crippen molar-refractivity contribution in [2.75, 3.05) is 6.61 Å². The van der Waals surface area contributed by atoms with Crippen LogP contribution in [-0.2, 0) is 16.0 Å². The van der Waals surface area contributed by atoms with Crippen molar-refractivity contribution in [2.24, 2.45) is 0 Å². The van der Waals surface area contributed by atoms with E-state index in [1.165, 1.54) is 11.1 Å². The topological polar surface area (TPSA) is 38.3 Å². The second kappa shape index (κ2) is 4.80. The predicted molar refractivity (Wildman–Crippen MR) is 74.2 cm³/mol. The Morgan fingerprint density at radius 3 is 3.11 bits per heavy atom. The largest absolute Gasteiger partial charge is 0.365 e. The maximum Gasteiger partial charge on any atom is 0.252 e. The van der Waals surface area contributed by atoms with E-state index in [4.69, 9.17) is 16.3 Å². The first-order valence-electron chi connectivity index (χ1n) is 6.82. The molecule has 1 aromatic rings. The molecule has 1 amide bonds. The molecule has 1 fully saturated rings. The summed E-state index contributed by atoms with van der Waals surface area (Å²) in [5.74, 6) is 0.0119. The smallest absolute Gasteiger partial charge is 0.252 e. The van der Waals surface area contributed by atoms with E-state index in [0.717, 1.165) is 30.7 Å². The van der Waals surface area contributed by atoms with E-state index >= 15 is 0 Å². The third-order valence-corrected chi connectivity index (χ3v) is 4.42. The van der Waals surface area contributed by atoms with Crippen LogP contribution in [-0.4, -0.2) is 18.1 Å². The van der Waals surface area contributed by atoms with Crippen LogP contribution >= 0.6 is 11.6 Å². The SMILES string of the molecule is CC1(C(=O)NC2CCc3cc(Cl)ccc32)CCCO1. The second-order valence-corrected chi connectivity index (χ2v) is 6.03. The molecule has 3 rings (SSSR count). The Balaban J connectivity index is 1.74. The first-order chi connectivity index (χ1) is 9.08. The van der Waals surface area contributed by atoms with E-state index in [9.17, 15) is 4.79 Å². The molecule has 2 atom stereocenters. The monoisotopic (exact) mass is 279 g/mol. The van der Waals surface area contributed by atoms with Crippen molar-refractivity contribution < 1.29 is 9.53 Å². The van der Waals surface area contributed by atoms with Gasteiger partial charge in [-0.2, -0.15) is 0 Å². The lowest BCUT2D eigenvalue weighted by Crippen LogP contribution is -2.45. The van der Waals surface area contributed by atoms with Gasteiger partial charge in [-0.05, 0) is 55.9 Å². The minimum atomic E-state index is -0.644. The van der Waals surface area contributed by atoms with Crippen molar-refractivity contribution in [3.8, 4) is 0 Å². The number of aryl methyl sites for hydroxylation is 1. The number of nitrogens with one attached hydrogen (secondary N) is 1. The summed E-state index contributed by atoms with van der Waals surface area (Å²) in [5, 5.41) is 3.89. The third-order valence-electron chi connectivity index (χ3n) is 4.19. The van der Waals surface area contributed by atoms with Crippen LogP contribution in [0.1, 0.15) is 43.4 Å². The summed E-state index contributed by atoms with van der Waals surface area (Å²) < 4.78 is 5.59. The summed E-state index contributed by atoms with van der Waals surface area (Å²) >= 11 is 6.00. The third kappa shape index (κ3) is 2.37. The number of carbonyl (C=O) groups is 1. The molecule has 1 aliphatic carbocycles. The number of rotatable bonds is 2. The van der Waals surface area contributed by atoms with Crippen LogP contribution in [0, 0.1) is 0 Å². The molecular weight excluding hydrogens is 262 g/mol. The molecule has 19 heavy (non-hydrogen) atoms. The highest BCUT2D eigenvalue weighted by molar-refractivity contribution is 6.30. The van der Waals surface area contributed by atoms with E-state index in [-0.39, 0.29) is 11.9 Å². The zero-order valence-corrected chi connectivity index (χ0v) is 11.8. The van der Waals surface area contributed by atoms with E-state index in [2.05, 4.69) is 5.32 Å². The average Bonchev–Trinajstić information content (AvgIpc) is 2.97. The van der Waals surface area contributed by atoms with Crippen molar-refractivity contribution in [3.63, 3.8) is 0 Å². The zero-order chi connectivity index (χ0) is 13.5. The Hall–Kier alpha value is -1.06. The molecule has 2 unspecified atom stereocenters. The van der Waals surface area contributed by atoms with Crippen molar-refractivity contribution in [2.45, 2.75) is 44.2 Å². The lowest BCUT2D eigenvalue weighted by Gasteiger charge is -2.25. The highest BCUT2D eigenvalue weighted by atomic mass is 35.5. The summed E-state index contributed by atoms with van der Waals surface area (Å²) in [6.07, 6.45) is 3.68. The fraction of sp³-hybridized carbons (Fsp3) is 0.533. The van der Waals surface area contributed by atoms with Gasteiger partial charge in [0.05, 0.1) is 6.04 Å². The van der Waals surface area contributed by atoms with Gasteiger partial charge in [-0.15, -0.1) is 0 Å². The molecule has 0 saturated carbocycles. The van der Waals surface area contributed by atoms with E-state index < -0.39 is 5.60 Å². The highest BCUT2D eigenvalue weighted by Crippen LogP contribution is 2.34. The zero-order valence-electron chi connectivity index (χ0n) is 11.0. The first kappa shape index (κ1) is 12.9. The van der Waals surface area contributed by atoms with Gasteiger partial charge in [-0.25, -0.2) is 0 Å². The van der Waals surface area contributed by atoms with Crippen LogP contribution in [0.2, 0.25) is 5.02 Å². The van der Waals surface area contributed by atoms with Crippen LogP contribution in [0.5, 0.6) is 0 Å². The van der Waals surface area contributed by atoms with Gasteiger partial charge < -0.3 is 10.1 Å². The first-order valence-corrected chi connectivity index (χ1v) is 7.19. The van der Waals surface area contributed by atoms with Gasteiger partial charge in [0.25, 0.3) is 5.91 Å². The van der Waals surface area contributed by atoms with Crippen LogP contribution in [0.4, 0.5) is 0 Å². The molecule has 102 valence electrons. The number of hydrogen-bond acceptors (Lipinski definition) is 2. The molecule has 0 bridgehead atoms. The Morgan fingerprint density at radius 2 is 2.37 bits per heavy atom. The molecule has 3 nitrogen and oxygen atoms in total. The number of fused-ring (bicyclic) bond motifs is 1. The fourth-order valence-electron chi connectivity index (χ4n) is 3.01. The Bertz CT molecular complexity index is 509. The summed E-state index contributed by atoms with van der Waals surface area (Å²) in [5.41, 5.74) is 1.80. The summed E-state index contributed by atoms with van der Waals surface area (Å²) in [7, 11) is 0. The van der Waals surface area contributed by atoms with Crippen molar-refractivity contribution >= 4 is 17.5 Å². The van der Waals surface area contributed by atoms with Crippen molar-refractivity contribution in [1.29, 1.82) is 0 Å². The fourth-order valence-corrected chi connectivity index (χ4v) is 3.20. The molecule has 0 aromatic heterocycles. The molecule has 0 spiro atoms. The average molecular weight is 280 g/mol. The maximum absolute atomic E-state index is 12.3. The lowest BCUT2D eigenvalue weighted by molar-refractivity contribution is -0.140. The Morgan fingerprint density at radius 1 is 1.53 bits per heavy atom. The number of hydrogen-bond donors (Lipinski definition) is 1. The number of carbonyl (C=O) groups excluding carboxylic acids is 1. The van der Waals surface area contributed by atoms with Crippen LogP contribution in [0.25, 0.3) is 0 Å². The van der Waals surface area contributed by atoms with Gasteiger partial charge in [0.15, 0.2) is 0 Å². The quantitative estimate of drug-likeness (QED) is 0.904. The van der Waals surface area contributed by atoms with Gasteiger partial charge in [-0.3, -0.25) is 4.79 Å². The highest BCUT2D eigenvalue weighted by Gasteiger charge is 2.39. The van der Waals surface area contributed by atoms with E-state index in [1.54, 1.807) is 0 Å². The molecule has 1 heterocycles. The lowest BCUT2D eigenvalue weighted by atomic mass is 10.0. The maximum atomic E-state index is 12.3. The van der Waals surface area contributed by atoms with Gasteiger partial charge >= 0.3 is 0 Å². The van der Waals surface area contributed by atoms with Crippen LogP contribution in [0.15, 0.2) is 18.2 Å². The number of ether oxygens (including phenoxy) is 1. The van der Waals surface area contributed by atoms with Crippen LogP contribution < -0.4 is 5.32 Å². The Labute approximate surface area is 118 Å². The molecule has 1 aromatic carbocycles. The molecular formula is C15H18ClNO2. The predicted octanol–water partition coefficient (Wildman–Crippen LogP) is 3.01. The molecule has 1 aliphatic heterocycles. The molecule has 1 saturated heterocycles. The van der Waals surface area contributed by atoms with Crippen LogP contribution in [0.3, 0.4) is 0 Å². The normalized spacial score (nSPS) is 29.3. The summed E-state index contributed by atoms with van der Waals surface area (Å²) in [6, 6.07) is 6.00. The van der Waals surface area contributed by atoms with Gasteiger partial charge in [0.1, 0.15) is 5.60 Å². The van der Waals surface area contributed by atoms with Crippen molar-refractivity contribution in [1.82, 2.24) is 5.32 Å². The van der Waals surface area contributed by atoms with E-state index in [0.29, 0.717) is 6.61 Å². The van der Waals surface area contributed by atoms with Crippen molar-refractivity contribution in [3.05, 3.63) is 34.3 Å². The molecule has 1 N–H and O–H groups in total. The Kier molecular flexibility index (Phi) is 3.27. The second-order valence-electron chi connectivity index (χ2n) is 5.59. The molecule has 2 aliphatic rings. The number of amides is 1. The minimum absolute atomic E-state index is 0.0119. The minimum Gasteiger partial charge on any atom is -0.365 e. The summed E-state index contributed by atoms with van der Waals surface area (Å²) in [4.78, 5) is 12.3. The number of halogens is 1. The number of benzene rings is 1. The van der Waals surface area contributed by atoms with Gasteiger partial charge in [0, 0.05) is 11.6 Å². The van der Waals surface area contributed by atoms with Gasteiger partial charge in [0.2, 0.25) is 0 Å². The summed E-state index contributed by atoms with van der Waals surface area (Å²) in [6.45, 7) is 2.56.